The van der Waals surface area contributed by atoms with E-state index in [0.29, 0.717) is 30.6 Å². The fourth-order valence-corrected chi connectivity index (χ4v) is 6.27. The molecule has 1 saturated heterocycles. The monoisotopic (exact) mass is 389 g/mol. The minimum Gasteiger partial charge on any atom is -0.454 e. The number of carbonyl (C=O) groups excluding carboxylic acids is 1. The predicted molar refractivity (Wildman–Crippen MR) is 112 cm³/mol. The number of fused-ring (bicyclic) bond motifs is 3. The van der Waals surface area contributed by atoms with Crippen molar-refractivity contribution in [3.63, 3.8) is 0 Å². The molecule has 6 rings (SSSR count). The molecule has 4 heteroatoms. The summed E-state index contributed by atoms with van der Waals surface area (Å²) in [5.41, 5.74) is 4.99. The molecular formula is C25H27NO3. The van der Waals surface area contributed by atoms with Gasteiger partial charge in [0.1, 0.15) is 0 Å². The Morgan fingerprint density at radius 1 is 0.931 bits per heavy atom. The summed E-state index contributed by atoms with van der Waals surface area (Å²) in [6.45, 7) is 2.40. The van der Waals surface area contributed by atoms with Crippen molar-refractivity contribution in [3.05, 3.63) is 53.1 Å². The number of ether oxygens (including phenoxy) is 2. The van der Waals surface area contributed by atoms with Gasteiger partial charge in [-0.1, -0.05) is 37.0 Å². The molecule has 2 aromatic rings. The number of rotatable bonds is 1. The van der Waals surface area contributed by atoms with E-state index in [1.165, 1.54) is 42.4 Å². The Balaban J connectivity index is 1.46. The summed E-state index contributed by atoms with van der Waals surface area (Å²) in [6.07, 6.45) is 6.80. The summed E-state index contributed by atoms with van der Waals surface area (Å²) in [6, 6.07) is 13.2. The molecule has 0 N–H and O–H groups in total. The van der Waals surface area contributed by atoms with Crippen molar-refractivity contribution in [1.29, 1.82) is 0 Å². The average Bonchev–Trinajstić information content (AvgIpc) is 3.26. The maximum absolute atomic E-state index is 13.7. The quantitative estimate of drug-likeness (QED) is 0.691. The highest BCUT2D eigenvalue weighted by Gasteiger charge is 2.54. The SMILES string of the molecule is Cc1ccc(N2C(=O)C3Cc4cc5c(cc4C4CCCCCC2C34)OCO5)cc1. The second-order valence-electron chi connectivity index (χ2n) is 9.15. The van der Waals surface area contributed by atoms with Gasteiger partial charge in [-0.25, -0.2) is 0 Å². The van der Waals surface area contributed by atoms with E-state index >= 15 is 0 Å². The van der Waals surface area contributed by atoms with Crippen LogP contribution >= 0.6 is 0 Å². The normalized spacial score (nSPS) is 29.8. The van der Waals surface area contributed by atoms with Gasteiger partial charge in [0.25, 0.3) is 0 Å². The van der Waals surface area contributed by atoms with E-state index in [9.17, 15) is 4.79 Å². The highest BCUT2D eigenvalue weighted by Crippen LogP contribution is 2.54. The first-order chi connectivity index (χ1) is 14.2. The molecule has 2 aliphatic heterocycles. The zero-order valence-electron chi connectivity index (χ0n) is 16.9. The second kappa shape index (κ2) is 6.51. The number of anilines is 1. The summed E-state index contributed by atoms with van der Waals surface area (Å²) < 4.78 is 11.3. The van der Waals surface area contributed by atoms with E-state index in [1.54, 1.807) is 0 Å². The van der Waals surface area contributed by atoms with Gasteiger partial charge in [-0.05, 0) is 73.4 Å². The second-order valence-corrected chi connectivity index (χ2v) is 9.15. The highest BCUT2D eigenvalue weighted by molar-refractivity contribution is 5.99. The van der Waals surface area contributed by atoms with Crippen LogP contribution in [-0.2, 0) is 11.2 Å². The van der Waals surface area contributed by atoms with Crippen molar-refractivity contribution in [2.24, 2.45) is 11.8 Å². The molecule has 2 fully saturated rings. The van der Waals surface area contributed by atoms with Crippen molar-refractivity contribution in [2.75, 3.05) is 11.7 Å². The van der Waals surface area contributed by atoms with Gasteiger partial charge in [-0.15, -0.1) is 0 Å². The number of nitrogens with zero attached hydrogens (tertiary/aromatic N) is 1. The molecule has 4 aliphatic rings. The van der Waals surface area contributed by atoms with Crippen LogP contribution in [-0.4, -0.2) is 18.7 Å². The molecule has 2 aromatic carbocycles. The zero-order chi connectivity index (χ0) is 19.5. The van der Waals surface area contributed by atoms with Gasteiger partial charge < -0.3 is 14.4 Å². The van der Waals surface area contributed by atoms with E-state index in [-0.39, 0.29) is 5.92 Å². The summed E-state index contributed by atoms with van der Waals surface area (Å²) in [5.74, 6) is 2.95. The molecule has 1 amide bonds. The Labute approximate surface area is 171 Å². The van der Waals surface area contributed by atoms with Crippen LogP contribution in [0.15, 0.2) is 36.4 Å². The summed E-state index contributed by atoms with van der Waals surface area (Å²) in [7, 11) is 0. The van der Waals surface area contributed by atoms with Crippen LogP contribution in [0.4, 0.5) is 5.69 Å². The lowest BCUT2D eigenvalue weighted by molar-refractivity contribution is -0.121. The molecule has 0 radical (unpaired) electrons. The van der Waals surface area contributed by atoms with Gasteiger partial charge in [0.15, 0.2) is 11.5 Å². The first kappa shape index (κ1) is 17.4. The van der Waals surface area contributed by atoms with Crippen LogP contribution < -0.4 is 14.4 Å². The van der Waals surface area contributed by atoms with Gasteiger partial charge >= 0.3 is 0 Å². The maximum atomic E-state index is 13.7. The van der Waals surface area contributed by atoms with Crippen molar-refractivity contribution >= 4 is 11.6 Å². The standard InChI is InChI=1S/C25H27NO3/c1-15-7-9-17(10-8-15)26-21-6-4-2-3-5-18-19-13-23-22(28-14-29-23)12-16(19)11-20(24(18)21)25(26)27/h7-10,12-13,18,20-21,24H,2-6,11,14H2,1H3. The largest absolute Gasteiger partial charge is 0.454 e. The molecule has 4 unspecified atom stereocenters. The summed E-state index contributed by atoms with van der Waals surface area (Å²) in [4.78, 5) is 15.9. The first-order valence-electron chi connectivity index (χ1n) is 11.0. The topological polar surface area (TPSA) is 38.8 Å². The number of amides is 1. The predicted octanol–water partition coefficient (Wildman–Crippen LogP) is 4.98. The highest BCUT2D eigenvalue weighted by atomic mass is 16.7. The van der Waals surface area contributed by atoms with Gasteiger partial charge in [0.2, 0.25) is 12.7 Å². The Morgan fingerprint density at radius 2 is 1.69 bits per heavy atom. The van der Waals surface area contributed by atoms with Crippen molar-refractivity contribution in [2.45, 2.75) is 57.4 Å². The third-order valence-electron chi connectivity index (χ3n) is 7.56. The minimum absolute atomic E-state index is 0.0808. The van der Waals surface area contributed by atoms with Crippen LogP contribution in [0, 0.1) is 18.8 Å². The average molecular weight is 389 g/mol. The lowest BCUT2D eigenvalue weighted by atomic mass is 9.65. The smallest absolute Gasteiger partial charge is 0.231 e. The molecule has 4 nitrogen and oxygen atoms in total. The summed E-state index contributed by atoms with van der Waals surface area (Å²) in [5, 5.41) is 0. The van der Waals surface area contributed by atoms with E-state index in [1.807, 2.05) is 0 Å². The molecule has 2 heterocycles. The van der Waals surface area contributed by atoms with Crippen LogP contribution in [0.1, 0.15) is 54.7 Å². The van der Waals surface area contributed by atoms with Crippen LogP contribution in [0.2, 0.25) is 0 Å². The molecule has 2 aliphatic carbocycles. The first-order valence-corrected chi connectivity index (χ1v) is 11.0. The molecule has 29 heavy (non-hydrogen) atoms. The minimum atomic E-state index is 0.0808. The number of carbonyl (C=O) groups is 1. The third kappa shape index (κ3) is 2.61. The molecule has 0 spiro atoms. The molecular weight excluding hydrogens is 362 g/mol. The Bertz CT molecular complexity index is 967. The van der Waals surface area contributed by atoms with E-state index < -0.39 is 0 Å². The fourth-order valence-electron chi connectivity index (χ4n) is 6.27. The van der Waals surface area contributed by atoms with Crippen molar-refractivity contribution < 1.29 is 14.3 Å². The van der Waals surface area contributed by atoms with Gasteiger partial charge in [-0.3, -0.25) is 4.79 Å². The van der Waals surface area contributed by atoms with E-state index in [0.717, 1.165) is 30.0 Å². The van der Waals surface area contributed by atoms with Crippen LogP contribution in [0.25, 0.3) is 0 Å². The van der Waals surface area contributed by atoms with Gasteiger partial charge in [-0.2, -0.15) is 0 Å². The molecule has 0 bridgehead atoms. The lowest BCUT2D eigenvalue weighted by Crippen LogP contribution is -2.38. The van der Waals surface area contributed by atoms with Crippen molar-refractivity contribution in [1.82, 2.24) is 0 Å². The number of hydrogen-bond donors (Lipinski definition) is 0. The lowest BCUT2D eigenvalue weighted by Gasteiger charge is -2.39. The fraction of sp³-hybridized carbons (Fsp3) is 0.480. The van der Waals surface area contributed by atoms with E-state index in [4.69, 9.17) is 9.47 Å². The number of benzene rings is 2. The molecule has 0 aromatic heterocycles. The Hall–Kier alpha value is -2.49. The van der Waals surface area contributed by atoms with E-state index in [2.05, 4.69) is 48.2 Å². The molecule has 1 saturated carbocycles. The van der Waals surface area contributed by atoms with Gasteiger partial charge in [0.05, 0.1) is 0 Å². The maximum Gasteiger partial charge on any atom is 0.231 e. The zero-order valence-corrected chi connectivity index (χ0v) is 16.9. The van der Waals surface area contributed by atoms with Gasteiger partial charge in [0, 0.05) is 17.6 Å². The molecule has 150 valence electrons. The van der Waals surface area contributed by atoms with Crippen molar-refractivity contribution in [3.8, 4) is 11.5 Å². The number of hydrogen-bond acceptors (Lipinski definition) is 3. The molecule has 4 atom stereocenters. The summed E-state index contributed by atoms with van der Waals surface area (Å²) >= 11 is 0. The van der Waals surface area contributed by atoms with Crippen LogP contribution in [0.3, 0.4) is 0 Å². The number of aryl methyl sites for hydroxylation is 1. The third-order valence-corrected chi connectivity index (χ3v) is 7.56. The Morgan fingerprint density at radius 3 is 2.52 bits per heavy atom. The Kier molecular flexibility index (Phi) is 3.90. The van der Waals surface area contributed by atoms with Crippen LogP contribution in [0.5, 0.6) is 11.5 Å².